The number of non-ortho nitro benzene ring substituents is 1. The first-order chi connectivity index (χ1) is 14.4. The molecule has 0 saturated carbocycles. The normalized spacial score (nSPS) is 15.1. The highest BCUT2D eigenvalue weighted by Gasteiger charge is 2.36. The zero-order chi connectivity index (χ0) is 21.7. The Balaban J connectivity index is 1.96. The van der Waals surface area contributed by atoms with Gasteiger partial charge in [-0.3, -0.25) is 14.9 Å². The zero-order valence-corrected chi connectivity index (χ0v) is 16.8. The maximum absolute atomic E-state index is 13.2. The van der Waals surface area contributed by atoms with Gasteiger partial charge in [0, 0.05) is 24.4 Å². The van der Waals surface area contributed by atoms with Crippen molar-refractivity contribution in [3.8, 4) is 0 Å². The number of carbonyl (C=O) groups excluding carboxylic acids is 2. The van der Waals surface area contributed by atoms with Crippen LogP contribution in [0.15, 0.2) is 71.4 Å². The van der Waals surface area contributed by atoms with Crippen molar-refractivity contribution in [2.45, 2.75) is 20.3 Å². The fourth-order valence-electron chi connectivity index (χ4n) is 3.38. The quantitative estimate of drug-likeness (QED) is 0.301. The van der Waals surface area contributed by atoms with Crippen LogP contribution in [0, 0.1) is 10.1 Å². The van der Waals surface area contributed by atoms with Crippen molar-refractivity contribution >= 4 is 23.6 Å². The van der Waals surface area contributed by atoms with E-state index in [0.717, 1.165) is 5.56 Å². The van der Waals surface area contributed by atoms with Crippen LogP contribution in [0.4, 0.5) is 5.69 Å². The number of nitrogens with zero attached hydrogens (tertiary/aromatic N) is 2. The van der Waals surface area contributed by atoms with Crippen molar-refractivity contribution in [3.05, 3.63) is 92.7 Å². The predicted molar refractivity (Wildman–Crippen MR) is 112 cm³/mol. The number of hydrogen-bond donors (Lipinski definition) is 0. The second kappa shape index (κ2) is 9.17. The molecule has 1 aliphatic rings. The van der Waals surface area contributed by atoms with Crippen LogP contribution in [0.2, 0.25) is 0 Å². The molecule has 1 amide bonds. The summed E-state index contributed by atoms with van der Waals surface area (Å²) in [5.74, 6) is -0.903. The van der Waals surface area contributed by atoms with Gasteiger partial charge < -0.3 is 9.64 Å². The summed E-state index contributed by atoms with van der Waals surface area (Å²) in [6, 6.07) is 15.7. The van der Waals surface area contributed by atoms with Crippen molar-refractivity contribution in [3.63, 3.8) is 0 Å². The molecule has 0 atom stereocenters. The number of esters is 1. The van der Waals surface area contributed by atoms with Gasteiger partial charge in [0.05, 0.1) is 22.7 Å². The van der Waals surface area contributed by atoms with Crippen LogP contribution in [0.3, 0.4) is 0 Å². The van der Waals surface area contributed by atoms with E-state index in [1.807, 2.05) is 30.3 Å². The second-order valence-corrected chi connectivity index (χ2v) is 6.78. The lowest BCUT2D eigenvalue weighted by Gasteiger charge is -2.17. The molecule has 3 rings (SSSR count). The average molecular weight is 406 g/mol. The van der Waals surface area contributed by atoms with Crippen molar-refractivity contribution in [2.75, 3.05) is 13.2 Å². The smallest absolute Gasteiger partial charge is 0.340 e. The minimum Gasteiger partial charge on any atom is -0.462 e. The number of allylic oxidation sites excluding steroid dienone is 1. The topological polar surface area (TPSA) is 89.8 Å². The first-order valence-corrected chi connectivity index (χ1v) is 9.62. The van der Waals surface area contributed by atoms with Gasteiger partial charge in [-0.25, -0.2) is 4.79 Å². The Morgan fingerprint density at radius 2 is 1.90 bits per heavy atom. The van der Waals surface area contributed by atoms with Crippen molar-refractivity contribution in [2.24, 2.45) is 0 Å². The lowest BCUT2D eigenvalue weighted by molar-refractivity contribution is -0.384. The molecule has 0 bridgehead atoms. The fraction of sp³-hybridized carbons (Fsp3) is 0.217. The monoisotopic (exact) mass is 406 g/mol. The van der Waals surface area contributed by atoms with Crippen LogP contribution < -0.4 is 0 Å². The lowest BCUT2D eigenvalue weighted by atomic mass is 10.0. The molecule has 0 aliphatic carbocycles. The Kier molecular flexibility index (Phi) is 6.41. The van der Waals surface area contributed by atoms with Gasteiger partial charge in [0.2, 0.25) is 0 Å². The molecule has 0 spiro atoms. The Morgan fingerprint density at radius 1 is 1.17 bits per heavy atom. The predicted octanol–water partition coefficient (Wildman–Crippen LogP) is 3.90. The zero-order valence-electron chi connectivity index (χ0n) is 16.8. The number of ether oxygens (including phenoxy) is 1. The summed E-state index contributed by atoms with van der Waals surface area (Å²) in [5, 5.41) is 11.1. The molecule has 0 aromatic heterocycles. The number of hydrogen-bond acceptors (Lipinski definition) is 5. The number of carbonyl (C=O) groups is 2. The van der Waals surface area contributed by atoms with Crippen molar-refractivity contribution < 1.29 is 19.2 Å². The molecule has 0 fully saturated rings. The first kappa shape index (κ1) is 21.0. The van der Waals surface area contributed by atoms with Crippen LogP contribution in [-0.2, 0) is 20.7 Å². The average Bonchev–Trinajstić information content (AvgIpc) is 2.97. The summed E-state index contributed by atoms with van der Waals surface area (Å²) >= 11 is 0. The van der Waals surface area contributed by atoms with E-state index in [2.05, 4.69) is 0 Å². The molecule has 2 aromatic carbocycles. The maximum Gasteiger partial charge on any atom is 0.340 e. The van der Waals surface area contributed by atoms with Gasteiger partial charge in [-0.15, -0.1) is 0 Å². The van der Waals surface area contributed by atoms with Gasteiger partial charge in [-0.1, -0.05) is 42.5 Å². The Hall–Kier alpha value is -3.74. The van der Waals surface area contributed by atoms with Gasteiger partial charge in [0.25, 0.3) is 11.6 Å². The molecule has 0 radical (unpaired) electrons. The summed E-state index contributed by atoms with van der Waals surface area (Å²) in [7, 11) is 0. The standard InChI is InChI=1S/C23H22N2O5/c1-3-30-23(27)21-16(2)24(13-12-17-8-5-4-6-9-17)22(26)20(21)15-18-10-7-11-19(14-18)25(28)29/h4-11,14-15H,3,12-13H2,1-2H3/b20-15-. The molecular formula is C23H22N2O5. The molecule has 7 nitrogen and oxygen atoms in total. The summed E-state index contributed by atoms with van der Waals surface area (Å²) < 4.78 is 5.16. The largest absolute Gasteiger partial charge is 0.462 e. The molecule has 154 valence electrons. The van der Waals surface area contributed by atoms with Crippen LogP contribution >= 0.6 is 0 Å². The highest BCUT2D eigenvalue weighted by atomic mass is 16.6. The lowest BCUT2D eigenvalue weighted by Crippen LogP contribution is -2.27. The Labute approximate surface area is 174 Å². The van der Waals surface area contributed by atoms with Gasteiger partial charge in [-0.2, -0.15) is 0 Å². The van der Waals surface area contributed by atoms with E-state index in [1.54, 1.807) is 24.8 Å². The van der Waals surface area contributed by atoms with Crippen molar-refractivity contribution in [1.29, 1.82) is 0 Å². The van der Waals surface area contributed by atoms with E-state index in [-0.39, 0.29) is 29.3 Å². The van der Waals surface area contributed by atoms with Crippen LogP contribution in [-0.4, -0.2) is 34.9 Å². The summed E-state index contributed by atoms with van der Waals surface area (Å²) in [4.78, 5) is 37.9. The number of rotatable bonds is 7. The molecule has 2 aromatic rings. The van der Waals surface area contributed by atoms with Gasteiger partial charge in [0.15, 0.2) is 0 Å². The third kappa shape index (κ3) is 4.46. The van der Waals surface area contributed by atoms with E-state index >= 15 is 0 Å². The third-order valence-electron chi connectivity index (χ3n) is 4.85. The van der Waals surface area contributed by atoms with E-state index in [0.29, 0.717) is 24.2 Å². The van der Waals surface area contributed by atoms with Gasteiger partial charge in [-0.05, 0) is 37.5 Å². The van der Waals surface area contributed by atoms with E-state index in [1.165, 1.54) is 24.3 Å². The molecule has 30 heavy (non-hydrogen) atoms. The van der Waals surface area contributed by atoms with Crippen LogP contribution in [0.1, 0.15) is 25.0 Å². The molecule has 1 heterocycles. The van der Waals surface area contributed by atoms with Crippen LogP contribution in [0.25, 0.3) is 6.08 Å². The number of nitro benzene ring substituents is 1. The Bertz CT molecular complexity index is 1040. The summed E-state index contributed by atoms with van der Waals surface area (Å²) in [5.41, 5.74) is 2.35. The molecule has 7 heteroatoms. The Morgan fingerprint density at radius 3 is 2.57 bits per heavy atom. The number of benzene rings is 2. The van der Waals surface area contributed by atoms with E-state index < -0.39 is 10.9 Å². The second-order valence-electron chi connectivity index (χ2n) is 6.78. The third-order valence-corrected chi connectivity index (χ3v) is 4.85. The summed E-state index contributed by atoms with van der Waals surface area (Å²) in [6.07, 6.45) is 2.14. The first-order valence-electron chi connectivity index (χ1n) is 9.62. The fourth-order valence-corrected chi connectivity index (χ4v) is 3.38. The highest BCUT2D eigenvalue weighted by Crippen LogP contribution is 2.32. The van der Waals surface area contributed by atoms with Crippen molar-refractivity contribution in [1.82, 2.24) is 4.90 Å². The molecule has 0 saturated heterocycles. The molecular weight excluding hydrogens is 384 g/mol. The van der Waals surface area contributed by atoms with Gasteiger partial charge in [0.1, 0.15) is 0 Å². The van der Waals surface area contributed by atoms with E-state index in [9.17, 15) is 19.7 Å². The SMILES string of the molecule is CCOC(=O)C1=C(C)N(CCc2ccccc2)C(=O)/C1=C\c1cccc([N+](=O)[O-])c1. The molecule has 0 N–H and O–H groups in total. The van der Waals surface area contributed by atoms with Crippen LogP contribution in [0.5, 0.6) is 0 Å². The highest BCUT2D eigenvalue weighted by molar-refractivity contribution is 6.16. The summed E-state index contributed by atoms with van der Waals surface area (Å²) in [6.45, 7) is 3.99. The maximum atomic E-state index is 13.2. The molecule has 1 aliphatic heterocycles. The number of nitro groups is 1. The minimum atomic E-state index is -0.581. The van der Waals surface area contributed by atoms with Gasteiger partial charge >= 0.3 is 5.97 Å². The van der Waals surface area contributed by atoms with E-state index in [4.69, 9.17) is 4.74 Å². The minimum absolute atomic E-state index is 0.0888. The number of amides is 1. The molecule has 0 unspecified atom stereocenters.